The highest BCUT2D eigenvalue weighted by molar-refractivity contribution is 6.36. The Labute approximate surface area is 218 Å². The zero-order valence-corrected chi connectivity index (χ0v) is 23.2. The second-order valence-corrected chi connectivity index (χ2v) is 8.53. The molecule has 0 aliphatic heterocycles. The average Bonchev–Trinajstić information content (AvgIpc) is 2.80. The summed E-state index contributed by atoms with van der Waals surface area (Å²) in [5.74, 6) is 0. The highest BCUT2D eigenvalue weighted by atomic mass is 35.5. The second kappa shape index (κ2) is 16.6. The number of amides is 1. The fraction of sp³-hybridized carbons (Fsp3) is 0.481. The Morgan fingerprint density at radius 1 is 1.06 bits per heavy atom. The van der Waals surface area contributed by atoms with Crippen LogP contribution in [0.3, 0.4) is 0 Å². The summed E-state index contributed by atoms with van der Waals surface area (Å²) in [5.41, 5.74) is 2.92. The van der Waals surface area contributed by atoms with Gasteiger partial charge in [0.1, 0.15) is 0 Å². The Hall–Kier alpha value is -2.05. The first-order valence-corrected chi connectivity index (χ1v) is 12.6. The summed E-state index contributed by atoms with van der Waals surface area (Å²) in [6, 6.07) is 6.26. The number of aliphatic imine (C=N–C) groups is 1. The molecule has 0 spiro atoms. The van der Waals surface area contributed by atoms with E-state index < -0.39 is 11.7 Å². The van der Waals surface area contributed by atoms with Crippen molar-refractivity contribution < 1.29 is 18.0 Å². The molecule has 0 aromatic heterocycles. The van der Waals surface area contributed by atoms with Crippen molar-refractivity contribution in [2.45, 2.75) is 80.3 Å². The van der Waals surface area contributed by atoms with Gasteiger partial charge in [0.2, 0.25) is 6.41 Å². The third kappa shape index (κ3) is 10.6. The van der Waals surface area contributed by atoms with Crippen LogP contribution in [0.5, 0.6) is 0 Å². The van der Waals surface area contributed by atoms with Crippen molar-refractivity contribution in [3.05, 3.63) is 62.1 Å². The molecule has 8 heteroatoms. The van der Waals surface area contributed by atoms with E-state index in [4.69, 9.17) is 23.2 Å². The van der Waals surface area contributed by atoms with Crippen LogP contribution in [0.15, 0.2) is 29.3 Å². The minimum Gasteiger partial charge on any atom is -0.359 e. The summed E-state index contributed by atoms with van der Waals surface area (Å²) in [6.07, 6.45) is -0.509. The molecule has 0 saturated heterocycles. The molecule has 0 unspecified atom stereocenters. The number of alkyl halides is 3. The minimum atomic E-state index is -4.41. The lowest BCUT2D eigenvalue weighted by molar-refractivity contribution is -0.138. The Bertz CT molecular complexity index is 974. The summed E-state index contributed by atoms with van der Waals surface area (Å²) < 4.78 is 39.6. The van der Waals surface area contributed by atoms with Crippen molar-refractivity contribution >= 4 is 41.0 Å². The number of nitrogens with zero attached hydrogens (tertiary/aromatic N) is 1. The predicted octanol–water partition coefficient (Wildman–Crippen LogP) is 9.09. The fourth-order valence-corrected chi connectivity index (χ4v) is 3.87. The smallest absolute Gasteiger partial charge is 0.359 e. The Morgan fingerprint density at radius 3 is 2.17 bits per heavy atom. The van der Waals surface area contributed by atoms with Gasteiger partial charge in [-0.25, -0.2) is 0 Å². The molecule has 2 aromatic carbocycles. The maximum atomic E-state index is 13.2. The third-order valence-electron chi connectivity index (χ3n) is 4.94. The number of carbonyl (C=O) groups excluding carboxylic acids is 1. The summed E-state index contributed by atoms with van der Waals surface area (Å²) in [6.45, 7) is 13.8. The number of aryl methyl sites for hydroxylation is 2. The first-order chi connectivity index (χ1) is 16.5. The number of carbonyl (C=O) groups is 1. The van der Waals surface area contributed by atoms with Gasteiger partial charge in [-0.2, -0.15) is 13.2 Å². The van der Waals surface area contributed by atoms with Gasteiger partial charge in [-0.1, -0.05) is 69.5 Å². The summed E-state index contributed by atoms with van der Waals surface area (Å²) in [4.78, 5) is 13.9. The van der Waals surface area contributed by atoms with Crippen LogP contribution in [-0.2, 0) is 23.8 Å². The van der Waals surface area contributed by atoms with Crippen LogP contribution < -0.4 is 5.32 Å². The molecule has 2 aromatic rings. The number of nitrogens with one attached hydrogen (secondary N) is 1. The van der Waals surface area contributed by atoms with Gasteiger partial charge in [0.15, 0.2) is 0 Å². The number of halogens is 5. The Kier molecular flexibility index (Phi) is 15.6. The quantitative estimate of drug-likeness (QED) is 0.205. The van der Waals surface area contributed by atoms with Gasteiger partial charge in [0.25, 0.3) is 0 Å². The zero-order valence-electron chi connectivity index (χ0n) is 21.7. The molecule has 35 heavy (non-hydrogen) atoms. The topological polar surface area (TPSA) is 41.5 Å². The van der Waals surface area contributed by atoms with E-state index in [-0.39, 0.29) is 5.56 Å². The van der Waals surface area contributed by atoms with E-state index in [1.807, 2.05) is 32.9 Å². The van der Waals surface area contributed by atoms with Crippen LogP contribution in [-0.4, -0.2) is 18.7 Å². The van der Waals surface area contributed by atoms with Crippen molar-refractivity contribution in [2.24, 2.45) is 4.99 Å². The lowest BCUT2D eigenvalue weighted by atomic mass is 10.0. The van der Waals surface area contributed by atoms with E-state index in [0.717, 1.165) is 43.0 Å². The molecular formula is C27H37Cl2F3N2O. The Balaban J connectivity index is 0.00000126. The fourth-order valence-electron chi connectivity index (χ4n) is 3.27. The summed E-state index contributed by atoms with van der Waals surface area (Å²) >= 11 is 12.8. The van der Waals surface area contributed by atoms with E-state index in [9.17, 15) is 18.0 Å². The largest absolute Gasteiger partial charge is 0.416 e. The van der Waals surface area contributed by atoms with E-state index in [1.54, 1.807) is 13.8 Å². The average molecular weight is 534 g/mol. The van der Waals surface area contributed by atoms with Crippen molar-refractivity contribution in [1.82, 2.24) is 5.32 Å². The Morgan fingerprint density at radius 2 is 1.69 bits per heavy atom. The van der Waals surface area contributed by atoms with Crippen LogP contribution in [0.25, 0.3) is 0 Å². The molecule has 0 aliphatic rings. The van der Waals surface area contributed by atoms with Crippen molar-refractivity contribution in [1.29, 1.82) is 0 Å². The predicted molar refractivity (Wildman–Crippen MR) is 144 cm³/mol. The normalized spacial score (nSPS) is 11.1. The van der Waals surface area contributed by atoms with E-state index in [1.165, 1.54) is 13.0 Å². The number of benzene rings is 2. The first kappa shape index (κ1) is 33.0. The van der Waals surface area contributed by atoms with Gasteiger partial charge < -0.3 is 5.32 Å². The molecule has 0 saturated carbocycles. The van der Waals surface area contributed by atoms with Gasteiger partial charge in [-0.15, -0.1) is 0 Å². The van der Waals surface area contributed by atoms with Crippen molar-refractivity contribution in [3.63, 3.8) is 0 Å². The van der Waals surface area contributed by atoms with Gasteiger partial charge in [-0.3, -0.25) is 9.79 Å². The van der Waals surface area contributed by atoms with Crippen molar-refractivity contribution in [2.75, 3.05) is 6.54 Å². The zero-order chi connectivity index (χ0) is 27.2. The van der Waals surface area contributed by atoms with E-state index in [0.29, 0.717) is 39.8 Å². The lowest BCUT2D eigenvalue weighted by Crippen LogP contribution is -2.10. The molecule has 0 fully saturated rings. The number of hydrogen-bond donors (Lipinski definition) is 1. The molecule has 3 nitrogen and oxygen atoms in total. The van der Waals surface area contributed by atoms with Gasteiger partial charge in [0, 0.05) is 28.7 Å². The molecule has 1 N–H and O–H groups in total. The molecule has 196 valence electrons. The van der Waals surface area contributed by atoms with Crippen LogP contribution in [0.4, 0.5) is 18.9 Å². The second-order valence-electron chi connectivity index (χ2n) is 7.75. The van der Waals surface area contributed by atoms with Crippen LogP contribution in [0, 0.1) is 13.8 Å². The third-order valence-corrected chi connectivity index (χ3v) is 5.76. The lowest BCUT2D eigenvalue weighted by Gasteiger charge is -2.15. The maximum absolute atomic E-state index is 13.2. The highest BCUT2D eigenvalue weighted by Crippen LogP contribution is 2.37. The van der Waals surface area contributed by atoms with Crippen molar-refractivity contribution in [3.8, 4) is 0 Å². The molecule has 1 amide bonds. The van der Waals surface area contributed by atoms with Crippen LogP contribution in [0.1, 0.15) is 75.3 Å². The van der Waals surface area contributed by atoms with Gasteiger partial charge in [0.05, 0.1) is 11.3 Å². The molecule has 0 aliphatic carbocycles. The minimum absolute atomic E-state index is 0.124. The molecule has 0 bridgehead atoms. The number of rotatable bonds is 8. The molecule has 0 atom stereocenters. The SMILES string of the molecule is CC.CCCNC=O.CCCc1ccc(Cl)c(CC(C)=Nc2c(C)ccc(C(F)(F)F)c2C)c1Cl. The first-order valence-electron chi connectivity index (χ1n) is 11.8. The summed E-state index contributed by atoms with van der Waals surface area (Å²) in [5, 5.41) is 3.66. The highest BCUT2D eigenvalue weighted by Gasteiger charge is 2.33. The van der Waals surface area contributed by atoms with Gasteiger partial charge >= 0.3 is 6.18 Å². The van der Waals surface area contributed by atoms with E-state index >= 15 is 0 Å². The maximum Gasteiger partial charge on any atom is 0.416 e. The number of hydrogen-bond acceptors (Lipinski definition) is 2. The van der Waals surface area contributed by atoms with E-state index in [2.05, 4.69) is 17.2 Å². The van der Waals surface area contributed by atoms with Gasteiger partial charge in [-0.05, 0) is 68.0 Å². The standard InChI is InChI=1S/C21H22Cl2F3N.C4H9NO.C2H6/c1-5-6-15-8-10-18(22)16(19(15)23)11-13(3)27-20-12(2)7-9-17(14(20)4)21(24,25)26;1-2-3-5-4-6;1-2/h7-10H,5-6,11H2,1-4H3;4H,2-3H2,1H3,(H,5,6);1-2H3. The van der Waals surface area contributed by atoms with Crippen LogP contribution >= 0.6 is 23.2 Å². The molecular weight excluding hydrogens is 496 g/mol. The monoisotopic (exact) mass is 532 g/mol. The molecule has 0 radical (unpaired) electrons. The van der Waals surface area contributed by atoms with Crippen LogP contribution in [0.2, 0.25) is 10.0 Å². The summed E-state index contributed by atoms with van der Waals surface area (Å²) in [7, 11) is 0. The molecule has 0 heterocycles. The molecule has 2 rings (SSSR count).